The molecule has 186 valence electrons. The van der Waals surface area contributed by atoms with Gasteiger partial charge in [-0.1, -0.05) is 18.8 Å². The Morgan fingerprint density at radius 2 is 1.59 bits per heavy atom. The van der Waals surface area contributed by atoms with Crippen molar-refractivity contribution in [2.24, 2.45) is 23.2 Å². The maximum atomic E-state index is 13.9. The highest BCUT2D eigenvalue weighted by atomic mass is 32.1. The molecule has 0 saturated heterocycles. The largest absolute Gasteiger partial charge is 0.477 e. The van der Waals surface area contributed by atoms with Crippen molar-refractivity contribution >= 4 is 34.8 Å². The Morgan fingerprint density at radius 3 is 2.09 bits per heavy atom. The maximum absolute atomic E-state index is 13.9. The third kappa shape index (κ3) is 5.66. The predicted molar refractivity (Wildman–Crippen MR) is 136 cm³/mol. The van der Waals surface area contributed by atoms with E-state index in [-0.39, 0.29) is 40.0 Å². The summed E-state index contributed by atoms with van der Waals surface area (Å²) < 4.78 is 0. The first-order valence-corrected chi connectivity index (χ1v) is 13.1. The lowest BCUT2D eigenvalue weighted by Gasteiger charge is -2.44. The second-order valence-corrected chi connectivity index (χ2v) is 12.3. The third-order valence-electron chi connectivity index (χ3n) is 6.97. The zero-order valence-electron chi connectivity index (χ0n) is 21.5. The van der Waals surface area contributed by atoms with Gasteiger partial charge in [0.25, 0.3) is 0 Å². The summed E-state index contributed by atoms with van der Waals surface area (Å²) in [5.41, 5.74) is 1.02. The molecule has 6 nitrogen and oxygen atoms in total. The average molecular weight is 487 g/mol. The van der Waals surface area contributed by atoms with Crippen molar-refractivity contribution in [1.29, 1.82) is 0 Å². The van der Waals surface area contributed by atoms with Crippen LogP contribution in [0.5, 0.6) is 0 Å². The van der Waals surface area contributed by atoms with Gasteiger partial charge in [-0.15, -0.1) is 11.3 Å². The van der Waals surface area contributed by atoms with Gasteiger partial charge in [-0.25, -0.2) is 4.79 Å². The number of hydrogen-bond acceptors (Lipinski definition) is 4. The number of carboxylic acids is 1. The number of carboxylic acid groups (broad SMARTS) is 1. The summed E-state index contributed by atoms with van der Waals surface area (Å²) in [5, 5.41) is 10.1. The van der Waals surface area contributed by atoms with Gasteiger partial charge in [-0.2, -0.15) is 0 Å². The van der Waals surface area contributed by atoms with Gasteiger partial charge in [-0.05, 0) is 72.1 Å². The van der Waals surface area contributed by atoms with E-state index in [0.29, 0.717) is 29.3 Å². The minimum Gasteiger partial charge on any atom is -0.477 e. The van der Waals surface area contributed by atoms with Crippen LogP contribution >= 0.6 is 11.3 Å². The maximum Gasteiger partial charge on any atom is 0.348 e. The van der Waals surface area contributed by atoms with Gasteiger partial charge in [0.15, 0.2) is 0 Å². The zero-order valence-corrected chi connectivity index (χ0v) is 22.3. The number of anilines is 1. The fourth-order valence-corrected chi connectivity index (χ4v) is 5.84. The molecule has 7 heteroatoms. The minimum absolute atomic E-state index is 0.00591. The fraction of sp³-hybridized carbons (Fsp3) is 0.667. The van der Waals surface area contributed by atoms with Gasteiger partial charge in [0, 0.05) is 43.0 Å². The highest BCUT2D eigenvalue weighted by Gasteiger charge is 2.45. The van der Waals surface area contributed by atoms with Crippen LogP contribution in [-0.4, -0.2) is 47.9 Å². The summed E-state index contributed by atoms with van der Waals surface area (Å²) in [4.78, 5) is 42.9. The van der Waals surface area contributed by atoms with Gasteiger partial charge in [0.2, 0.25) is 11.8 Å². The van der Waals surface area contributed by atoms with E-state index in [1.807, 2.05) is 27.7 Å². The van der Waals surface area contributed by atoms with E-state index in [0.717, 1.165) is 42.6 Å². The molecule has 2 saturated carbocycles. The first-order valence-electron chi connectivity index (χ1n) is 12.2. The van der Waals surface area contributed by atoms with E-state index >= 15 is 0 Å². The van der Waals surface area contributed by atoms with Crippen molar-refractivity contribution in [3.05, 3.63) is 15.3 Å². The van der Waals surface area contributed by atoms with E-state index in [1.165, 1.54) is 0 Å². The number of hydrogen-bond donors (Lipinski definition) is 1. The summed E-state index contributed by atoms with van der Waals surface area (Å²) in [6.07, 6.45) is 4.78. The van der Waals surface area contributed by atoms with E-state index < -0.39 is 5.97 Å². The first-order chi connectivity index (χ1) is 15.8. The summed E-state index contributed by atoms with van der Waals surface area (Å²) in [7, 11) is 3.49. The molecule has 2 fully saturated rings. The zero-order chi connectivity index (χ0) is 25.4. The fourth-order valence-electron chi connectivity index (χ4n) is 4.85. The molecule has 1 N–H and O–H groups in total. The third-order valence-corrected chi connectivity index (χ3v) is 8.16. The van der Waals surface area contributed by atoms with Gasteiger partial charge in [0.05, 0.1) is 10.6 Å². The molecule has 0 aliphatic heterocycles. The molecular formula is C27H38N2O4S. The highest BCUT2D eigenvalue weighted by molar-refractivity contribution is 7.15. The molecular weight excluding hydrogens is 448 g/mol. The second kappa shape index (κ2) is 10.1. The van der Waals surface area contributed by atoms with Gasteiger partial charge in [-0.3, -0.25) is 9.59 Å². The van der Waals surface area contributed by atoms with Crippen LogP contribution in [0.1, 0.15) is 86.3 Å². The molecule has 0 aromatic carbocycles. The van der Waals surface area contributed by atoms with Crippen LogP contribution in [0.3, 0.4) is 0 Å². The number of carbonyl (C=O) groups excluding carboxylic acids is 2. The Labute approximate surface area is 207 Å². The minimum atomic E-state index is -1.04. The van der Waals surface area contributed by atoms with Crippen LogP contribution in [0.15, 0.2) is 0 Å². The van der Waals surface area contributed by atoms with Crippen molar-refractivity contribution in [1.82, 2.24) is 4.90 Å². The normalized spacial score (nSPS) is 24.4. The number of aromatic carboxylic acids is 1. The number of nitrogens with zero attached hydrogens (tertiary/aromatic N) is 2. The van der Waals surface area contributed by atoms with Crippen LogP contribution in [0.4, 0.5) is 5.69 Å². The van der Waals surface area contributed by atoms with E-state index in [9.17, 15) is 19.5 Å². The Bertz CT molecular complexity index is 1010. The molecule has 2 aliphatic rings. The van der Waals surface area contributed by atoms with E-state index in [2.05, 4.69) is 18.8 Å². The second-order valence-electron chi connectivity index (χ2n) is 11.3. The van der Waals surface area contributed by atoms with Gasteiger partial charge >= 0.3 is 5.97 Å². The van der Waals surface area contributed by atoms with Crippen molar-refractivity contribution in [2.45, 2.75) is 79.2 Å². The molecule has 3 rings (SSSR count). The lowest BCUT2D eigenvalue weighted by atomic mass is 9.76. The lowest BCUT2D eigenvalue weighted by molar-refractivity contribution is -0.137. The molecule has 34 heavy (non-hydrogen) atoms. The molecule has 0 spiro atoms. The monoisotopic (exact) mass is 486 g/mol. The number of amides is 2. The smallest absolute Gasteiger partial charge is 0.348 e. The molecule has 0 radical (unpaired) electrons. The standard InChI is InChI=1S/C27H38N2O4S/c1-16-8-10-18(11-9-16)25(31)29(20-14-19(15-20)24(30)28(6)7)22-17(2)21(12-13-27(3,4)5)34-23(22)26(32)33/h16,18-20H,8-11,14-15H2,1-7H3,(H,32,33)/t16-,18-,19-,20-. The van der Waals surface area contributed by atoms with Crippen LogP contribution in [-0.2, 0) is 9.59 Å². The summed E-state index contributed by atoms with van der Waals surface area (Å²) in [6.45, 7) is 10.1. The van der Waals surface area contributed by atoms with Crippen molar-refractivity contribution < 1.29 is 19.5 Å². The van der Waals surface area contributed by atoms with Crippen molar-refractivity contribution in [3.8, 4) is 11.8 Å². The first kappa shape index (κ1) is 26.3. The van der Waals surface area contributed by atoms with Crippen LogP contribution < -0.4 is 4.90 Å². The Balaban J connectivity index is 2.03. The van der Waals surface area contributed by atoms with Crippen LogP contribution in [0, 0.1) is 41.9 Å². The summed E-state index contributed by atoms with van der Waals surface area (Å²) in [6, 6.07) is -0.171. The van der Waals surface area contributed by atoms with Gasteiger partial charge < -0.3 is 14.9 Å². The van der Waals surface area contributed by atoms with E-state index in [4.69, 9.17) is 0 Å². The Kier molecular flexibility index (Phi) is 7.82. The molecule has 1 aromatic heterocycles. The quantitative estimate of drug-likeness (QED) is 0.582. The molecule has 0 atom stereocenters. The predicted octanol–water partition coefficient (Wildman–Crippen LogP) is 5.18. The van der Waals surface area contributed by atoms with Crippen molar-refractivity contribution in [2.75, 3.05) is 19.0 Å². The van der Waals surface area contributed by atoms with Crippen molar-refractivity contribution in [3.63, 3.8) is 0 Å². The molecule has 1 heterocycles. The SMILES string of the molecule is Cc1c(C#CC(C)(C)C)sc(C(=O)O)c1N(C(=O)[C@H]1CC[C@H](C)CC1)[C@H]1C[C@H](C(=O)N(C)C)C1. The molecule has 2 aliphatic carbocycles. The molecule has 2 amide bonds. The summed E-state index contributed by atoms with van der Waals surface area (Å²) >= 11 is 1.15. The highest BCUT2D eigenvalue weighted by Crippen LogP contribution is 2.44. The van der Waals surface area contributed by atoms with Crippen LogP contribution in [0.25, 0.3) is 0 Å². The number of carbonyl (C=O) groups is 3. The topological polar surface area (TPSA) is 77.9 Å². The van der Waals surface area contributed by atoms with E-state index in [1.54, 1.807) is 23.9 Å². The average Bonchev–Trinajstić information content (AvgIpc) is 3.04. The van der Waals surface area contributed by atoms with Gasteiger partial charge in [0.1, 0.15) is 4.88 Å². The van der Waals surface area contributed by atoms with Crippen LogP contribution in [0.2, 0.25) is 0 Å². The molecule has 0 unspecified atom stereocenters. The number of rotatable bonds is 5. The molecule has 0 bridgehead atoms. The Morgan fingerprint density at radius 1 is 1.00 bits per heavy atom. The molecule has 1 aromatic rings. The summed E-state index contributed by atoms with van der Waals surface area (Å²) in [5.74, 6) is 5.77. The number of thiophene rings is 1. The Hall–Kier alpha value is -2.33. The lowest BCUT2D eigenvalue weighted by Crippen LogP contribution is -2.54.